The molecule has 2 aromatic heterocycles. The van der Waals surface area contributed by atoms with E-state index < -0.39 is 0 Å². The van der Waals surface area contributed by atoms with Crippen LogP contribution in [0.2, 0.25) is 0 Å². The van der Waals surface area contributed by atoms with Gasteiger partial charge in [-0.2, -0.15) is 0 Å². The van der Waals surface area contributed by atoms with Crippen LogP contribution in [0.15, 0.2) is 57.9 Å². The number of aryl methyl sites for hydroxylation is 1. The van der Waals surface area contributed by atoms with Gasteiger partial charge in [-0.3, -0.25) is 9.59 Å². The van der Waals surface area contributed by atoms with Gasteiger partial charge in [0, 0.05) is 17.1 Å². The molecule has 0 unspecified atom stereocenters. The Morgan fingerprint density at radius 3 is 2.75 bits per heavy atom. The van der Waals surface area contributed by atoms with E-state index in [2.05, 4.69) is 0 Å². The highest BCUT2D eigenvalue weighted by atomic mass is 16.3. The normalized spacial score (nSPS) is 10.8. The number of benzene rings is 1. The van der Waals surface area contributed by atoms with Crippen LogP contribution in [0.3, 0.4) is 0 Å². The lowest BCUT2D eigenvalue weighted by atomic mass is 10.1. The van der Waals surface area contributed by atoms with Crippen molar-refractivity contribution < 1.29 is 9.21 Å². The Bertz CT molecular complexity index is 842. The predicted molar refractivity (Wildman–Crippen MR) is 76.0 cm³/mol. The summed E-state index contributed by atoms with van der Waals surface area (Å²) < 4.78 is 6.82. The van der Waals surface area contributed by atoms with E-state index in [0.29, 0.717) is 11.1 Å². The van der Waals surface area contributed by atoms with Crippen LogP contribution in [-0.2, 0) is 6.54 Å². The van der Waals surface area contributed by atoms with Gasteiger partial charge in [0.25, 0.3) is 5.56 Å². The van der Waals surface area contributed by atoms with Gasteiger partial charge in [-0.15, -0.1) is 0 Å². The molecule has 4 nitrogen and oxygen atoms in total. The molecule has 20 heavy (non-hydrogen) atoms. The summed E-state index contributed by atoms with van der Waals surface area (Å²) in [6, 6.07) is 12.3. The number of rotatable bonds is 3. The largest absolute Gasteiger partial charge is 0.464 e. The standard InChI is InChI=1S/C16H13NO3/c1-11-5-4-8-16(19)17(11)9-14(18)13-10-20-15-7-3-2-6-12(13)15/h2-8,10H,9H2,1H3. The van der Waals surface area contributed by atoms with Crippen molar-refractivity contribution in [3.05, 3.63) is 70.3 Å². The summed E-state index contributed by atoms with van der Waals surface area (Å²) in [5.74, 6) is -0.133. The van der Waals surface area contributed by atoms with Crippen molar-refractivity contribution in [3.63, 3.8) is 0 Å². The van der Waals surface area contributed by atoms with Crippen molar-refractivity contribution in [3.8, 4) is 0 Å². The fraction of sp³-hybridized carbons (Fsp3) is 0.125. The molecule has 0 aliphatic carbocycles. The van der Waals surface area contributed by atoms with Crippen molar-refractivity contribution in [2.45, 2.75) is 13.5 Å². The molecule has 0 atom stereocenters. The highest BCUT2D eigenvalue weighted by Crippen LogP contribution is 2.21. The van der Waals surface area contributed by atoms with Crippen LogP contribution in [0.4, 0.5) is 0 Å². The van der Waals surface area contributed by atoms with E-state index in [-0.39, 0.29) is 17.9 Å². The second kappa shape index (κ2) is 4.81. The summed E-state index contributed by atoms with van der Waals surface area (Å²) in [5, 5.41) is 0.777. The minimum absolute atomic E-state index is 0.0229. The summed E-state index contributed by atoms with van der Waals surface area (Å²) in [6.45, 7) is 1.83. The third kappa shape index (κ3) is 2.05. The van der Waals surface area contributed by atoms with Crippen LogP contribution in [0, 0.1) is 6.92 Å². The number of furan rings is 1. The molecule has 0 N–H and O–H groups in total. The third-order valence-electron chi connectivity index (χ3n) is 3.35. The number of aromatic nitrogens is 1. The molecular weight excluding hydrogens is 254 g/mol. The summed E-state index contributed by atoms with van der Waals surface area (Å²) in [5.41, 5.74) is 1.77. The maximum Gasteiger partial charge on any atom is 0.251 e. The Kier molecular flexibility index (Phi) is 2.99. The zero-order valence-electron chi connectivity index (χ0n) is 11.0. The number of Topliss-reactive ketones (excluding diaryl/α,β-unsaturated/α-hetero) is 1. The number of fused-ring (bicyclic) bond motifs is 1. The monoisotopic (exact) mass is 267 g/mol. The summed E-state index contributed by atoms with van der Waals surface area (Å²) in [7, 11) is 0. The van der Waals surface area contributed by atoms with Crippen LogP contribution in [0.25, 0.3) is 11.0 Å². The van der Waals surface area contributed by atoms with Crippen molar-refractivity contribution in [2.24, 2.45) is 0 Å². The van der Waals surface area contributed by atoms with Crippen LogP contribution >= 0.6 is 0 Å². The minimum Gasteiger partial charge on any atom is -0.464 e. The third-order valence-corrected chi connectivity index (χ3v) is 3.35. The van der Waals surface area contributed by atoms with Gasteiger partial charge < -0.3 is 8.98 Å². The first-order valence-corrected chi connectivity index (χ1v) is 6.33. The maximum absolute atomic E-state index is 12.4. The van der Waals surface area contributed by atoms with E-state index >= 15 is 0 Å². The molecule has 0 aliphatic heterocycles. The first-order valence-electron chi connectivity index (χ1n) is 6.33. The number of hydrogen-bond acceptors (Lipinski definition) is 3. The Hall–Kier alpha value is -2.62. The van der Waals surface area contributed by atoms with Gasteiger partial charge in [0.15, 0.2) is 5.78 Å². The van der Waals surface area contributed by atoms with E-state index in [1.54, 1.807) is 6.07 Å². The number of hydrogen-bond donors (Lipinski definition) is 0. The number of carbonyl (C=O) groups is 1. The number of ketones is 1. The molecular formula is C16H13NO3. The molecule has 1 aromatic carbocycles. The molecule has 0 spiro atoms. The lowest BCUT2D eigenvalue weighted by Gasteiger charge is -2.07. The summed E-state index contributed by atoms with van der Waals surface area (Å²) in [4.78, 5) is 24.2. The van der Waals surface area contributed by atoms with Crippen LogP contribution in [0.5, 0.6) is 0 Å². The van der Waals surface area contributed by atoms with Crippen LogP contribution in [0.1, 0.15) is 16.1 Å². The molecule has 3 rings (SSSR count). The molecule has 3 aromatic rings. The number of carbonyl (C=O) groups excluding carboxylic acids is 1. The Morgan fingerprint density at radius 1 is 1.15 bits per heavy atom. The topological polar surface area (TPSA) is 52.2 Å². The first kappa shape index (κ1) is 12.4. The maximum atomic E-state index is 12.4. The molecule has 0 bridgehead atoms. The average Bonchev–Trinajstić information content (AvgIpc) is 2.87. The minimum atomic E-state index is -0.175. The van der Waals surface area contributed by atoms with Gasteiger partial charge in [0.2, 0.25) is 0 Å². The van der Waals surface area contributed by atoms with Gasteiger partial charge in [-0.05, 0) is 19.1 Å². The number of nitrogens with zero attached hydrogens (tertiary/aromatic N) is 1. The highest BCUT2D eigenvalue weighted by molar-refractivity contribution is 6.06. The lowest BCUT2D eigenvalue weighted by Crippen LogP contribution is -2.25. The first-order chi connectivity index (χ1) is 9.66. The fourth-order valence-electron chi connectivity index (χ4n) is 2.25. The molecule has 0 saturated heterocycles. The van der Waals surface area contributed by atoms with Gasteiger partial charge >= 0.3 is 0 Å². The smallest absolute Gasteiger partial charge is 0.251 e. The van der Waals surface area contributed by atoms with Crippen molar-refractivity contribution in [1.82, 2.24) is 4.57 Å². The molecule has 0 fully saturated rings. The second-order valence-corrected chi connectivity index (χ2v) is 4.66. The van der Waals surface area contributed by atoms with Crippen LogP contribution < -0.4 is 5.56 Å². The molecule has 0 saturated carbocycles. The molecule has 4 heteroatoms. The molecule has 2 heterocycles. The van der Waals surface area contributed by atoms with Crippen molar-refractivity contribution in [1.29, 1.82) is 0 Å². The van der Waals surface area contributed by atoms with E-state index in [4.69, 9.17) is 4.42 Å². The SMILES string of the molecule is Cc1cccc(=O)n1CC(=O)c1coc2ccccc12. The summed E-state index contributed by atoms with van der Waals surface area (Å²) in [6.07, 6.45) is 1.45. The number of pyridine rings is 1. The zero-order chi connectivity index (χ0) is 14.1. The van der Waals surface area contributed by atoms with Gasteiger partial charge in [0.05, 0.1) is 12.1 Å². The lowest BCUT2D eigenvalue weighted by molar-refractivity contribution is 0.0970. The fourth-order valence-corrected chi connectivity index (χ4v) is 2.25. The second-order valence-electron chi connectivity index (χ2n) is 4.66. The molecule has 0 amide bonds. The van der Waals surface area contributed by atoms with E-state index in [9.17, 15) is 9.59 Å². The Balaban J connectivity index is 2.00. The van der Waals surface area contributed by atoms with Gasteiger partial charge in [-0.1, -0.05) is 24.3 Å². The van der Waals surface area contributed by atoms with Gasteiger partial charge in [0.1, 0.15) is 11.8 Å². The molecule has 0 radical (unpaired) electrons. The molecule has 0 aliphatic rings. The van der Waals surface area contributed by atoms with E-state index in [1.165, 1.54) is 16.9 Å². The molecule has 100 valence electrons. The van der Waals surface area contributed by atoms with Crippen molar-refractivity contribution in [2.75, 3.05) is 0 Å². The average molecular weight is 267 g/mol. The van der Waals surface area contributed by atoms with Crippen molar-refractivity contribution >= 4 is 16.8 Å². The highest BCUT2D eigenvalue weighted by Gasteiger charge is 2.15. The van der Waals surface area contributed by atoms with Gasteiger partial charge in [-0.25, -0.2) is 0 Å². The predicted octanol–water partition coefficient (Wildman–Crippen LogP) is 2.79. The summed E-state index contributed by atoms with van der Waals surface area (Å²) >= 11 is 0. The van der Waals surface area contributed by atoms with E-state index in [1.807, 2.05) is 37.3 Å². The number of para-hydroxylation sites is 1. The van der Waals surface area contributed by atoms with Crippen LogP contribution in [-0.4, -0.2) is 10.4 Å². The van der Waals surface area contributed by atoms with E-state index in [0.717, 1.165) is 11.1 Å². The zero-order valence-corrected chi connectivity index (χ0v) is 11.0. The Morgan fingerprint density at radius 2 is 1.95 bits per heavy atom. The Labute approximate surface area is 115 Å². The quantitative estimate of drug-likeness (QED) is 0.686.